The predicted molar refractivity (Wildman–Crippen MR) is 98.1 cm³/mol. The van der Waals surface area contributed by atoms with Gasteiger partial charge in [-0.15, -0.1) is 0 Å². The third-order valence-electron chi connectivity index (χ3n) is 4.27. The van der Waals surface area contributed by atoms with E-state index in [1.165, 1.54) is 29.4 Å². The molecule has 1 aromatic carbocycles. The van der Waals surface area contributed by atoms with Crippen LogP contribution in [0.4, 0.5) is 20.7 Å². The second-order valence-electron chi connectivity index (χ2n) is 6.37. The molecule has 1 aliphatic heterocycles. The van der Waals surface area contributed by atoms with Crippen molar-refractivity contribution >= 4 is 27.4 Å². The number of anilines is 2. The van der Waals surface area contributed by atoms with Gasteiger partial charge in [0.15, 0.2) is 9.84 Å². The van der Waals surface area contributed by atoms with Crippen molar-refractivity contribution in [1.82, 2.24) is 14.9 Å². The van der Waals surface area contributed by atoms with E-state index < -0.39 is 21.7 Å². The smallest absolute Gasteiger partial charge is 0.407 e. The Hall–Kier alpha value is -2.95. The largest absolute Gasteiger partial charge is 0.474 e. The molecule has 0 unspecified atom stereocenters. The minimum atomic E-state index is -3.50. The maximum atomic E-state index is 14.2. The Morgan fingerprint density at radius 3 is 2.61 bits per heavy atom. The summed E-state index contributed by atoms with van der Waals surface area (Å²) in [7, 11) is -3.50. The summed E-state index contributed by atoms with van der Waals surface area (Å²) in [5.74, 6) is -0.177. The van der Waals surface area contributed by atoms with Crippen LogP contribution in [0.3, 0.4) is 0 Å². The molecule has 0 saturated carbocycles. The van der Waals surface area contributed by atoms with Crippen molar-refractivity contribution in [3.8, 4) is 5.88 Å². The number of nitrogens with zero attached hydrogens (tertiary/aromatic N) is 3. The number of rotatable bonds is 5. The third kappa shape index (κ3) is 4.85. The summed E-state index contributed by atoms with van der Waals surface area (Å²) in [6, 6.07) is 5.05. The van der Waals surface area contributed by atoms with E-state index in [0.29, 0.717) is 25.9 Å². The molecule has 28 heavy (non-hydrogen) atoms. The van der Waals surface area contributed by atoms with Crippen LogP contribution < -0.4 is 10.1 Å². The topological polar surface area (TPSA) is 122 Å². The summed E-state index contributed by atoms with van der Waals surface area (Å²) < 4.78 is 42.9. The van der Waals surface area contributed by atoms with Crippen LogP contribution in [-0.2, 0) is 9.84 Å². The summed E-state index contributed by atoms with van der Waals surface area (Å²) in [5.41, 5.74) is 0.0619. The maximum absolute atomic E-state index is 14.2. The zero-order valence-corrected chi connectivity index (χ0v) is 15.8. The molecule has 0 bridgehead atoms. The number of halogens is 1. The number of carbonyl (C=O) groups is 1. The predicted octanol–water partition coefficient (Wildman–Crippen LogP) is 2.28. The van der Waals surface area contributed by atoms with Crippen LogP contribution in [0.25, 0.3) is 0 Å². The van der Waals surface area contributed by atoms with Gasteiger partial charge < -0.3 is 20.1 Å². The van der Waals surface area contributed by atoms with E-state index >= 15 is 0 Å². The van der Waals surface area contributed by atoms with E-state index in [1.807, 2.05) is 0 Å². The van der Waals surface area contributed by atoms with Crippen LogP contribution in [0.5, 0.6) is 5.88 Å². The molecule has 0 atom stereocenters. The minimum absolute atomic E-state index is 0.0619. The summed E-state index contributed by atoms with van der Waals surface area (Å²) in [5, 5.41) is 11.7. The van der Waals surface area contributed by atoms with Gasteiger partial charge >= 0.3 is 6.09 Å². The van der Waals surface area contributed by atoms with Gasteiger partial charge in [0, 0.05) is 38.3 Å². The minimum Gasteiger partial charge on any atom is -0.474 e. The fourth-order valence-electron chi connectivity index (χ4n) is 2.77. The lowest BCUT2D eigenvalue weighted by molar-refractivity contribution is 0.0870. The van der Waals surface area contributed by atoms with Gasteiger partial charge in [-0.2, -0.15) is 0 Å². The first kappa shape index (κ1) is 19.8. The molecular formula is C17H19FN4O5S. The first-order valence-electron chi connectivity index (χ1n) is 8.45. The number of hydrogen-bond acceptors (Lipinski definition) is 7. The monoisotopic (exact) mass is 410 g/mol. The van der Waals surface area contributed by atoms with E-state index in [-0.39, 0.29) is 28.4 Å². The first-order valence-corrected chi connectivity index (χ1v) is 10.3. The van der Waals surface area contributed by atoms with Gasteiger partial charge in [0.05, 0.1) is 10.6 Å². The zero-order chi connectivity index (χ0) is 20.3. The molecule has 3 rings (SSSR count). The van der Waals surface area contributed by atoms with Crippen molar-refractivity contribution in [2.75, 3.05) is 24.7 Å². The molecule has 0 radical (unpaired) electrons. The van der Waals surface area contributed by atoms with Crippen LogP contribution in [0.2, 0.25) is 0 Å². The zero-order valence-electron chi connectivity index (χ0n) is 15.0. The second kappa shape index (κ2) is 7.97. The van der Waals surface area contributed by atoms with Crippen molar-refractivity contribution < 1.29 is 27.4 Å². The highest BCUT2D eigenvalue weighted by atomic mass is 32.2. The van der Waals surface area contributed by atoms with Crippen LogP contribution in [0.15, 0.2) is 35.5 Å². The van der Waals surface area contributed by atoms with Crippen LogP contribution in [-0.4, -0.2) is 59.9 Å². The second-order valence-corrected chi connectivity index (χ2v) is 8.38. The number of aromatic nitrogens is 2. The molecule has 2 aromatic rings. The fourth-order valence-corrected chi connectivity index (χ4v) is 3.41. The Bertz CT molecular complexity index is 977. The Balaban J connectivity index is 1.66. The lowest BCUT2D eigenvalue weighted by Gasteiger charge is -2.29. The van der Waals surface area contributed by atoms with Crippen molar-refractivity contribution in [2.45, 2.75) is 23.8 Å². The fraction of sp³-hybridized carbons (Fsp3) is 0.353. The molecule has 150 valence electrons. The molecule has 1 fully saturated rings. The molecule has 9 nitrogen and oxygen atoms in total. The SMILES string of the molecule is CS(=O)(=O)c1ccc(Nc2cc(OC3CCN(C(=O)O)CC3)ncn2)c(F)c1. The van der Waals surface area contributed by atoms with Gasteiger partial charge in [0.25, 0.3) is 0 Å². The van der Waals surface area contributed by atoms with Crippen molar-refractivity contribution in [3.63, 3.8) is 0 Å². The summed E-state index contributed by atoms with van der Waals surface area (Å²) in [6.07, 6.45) is 2.22. The molecule has 1 amide bonds. The van der Waals surface area contributed by atoms with Crippen molar-refractivity contribution in [2.24, 2.45) is 0 Å². The van der Waals surface area contributed by atoms with Gasteiger partial charge in [-0.3, -0.25) is 0 Å². The highest BCUT2D eigenvalue weighted by Crippen LogP contribution is 2.24. The number of amides is 1. The summed E-state index contributed by atoms with van der Waals surface area (Å²) in [6.45, 7) is 0.766. The summed E-state index contributed by atoms with van der Waals surface area (Å²) in [4.78, 5) is 20.2. The van der Waals surface area contributed by atoms with Gasteiger partial charge in [-0.05, 0) is 18.2 Å². The molecule has 1 aliphatic rings. The average Bonchev–Trinajstić information content (AvgIpc) is 2.63. The Morgan fingerprint density at radius 2 is 2.00 bits per heavy atom. The molecule has 2 heterocycles. The average molecular weight is 410 g/mol. The van der Waals surface area contributed by atoms with Gasteiger partial charge in [0.2, 0.25) is 5.88 Å². The highest BCUT2D eigenvalue weighted by Gasteiger charge is 2.23. The third-order valence-corrected chi connectivity index (χ3v) is 5.38. The van der Waals surface area contributed by atoms with E-state index in [9.17, 15) is 17.6 Å². The maximum Gasteiger partial charge on any atom is 0.407 e. The standard InChI is InChI=1S/C17H19FN4O5S/c1-28(25,26)12-2-3-14(13(18)8-12)21-15-9-16(20-10-19-15)27-11-4-6-22(7-5-11)17(23)24/h2-3,8-11H,4-7H2,1H3,(H,23,24)(H,19,20,21). The van der Waals surface area contributed by atoms with Gasteiger partial charge in [-0.1, -0.05) is 0 Å². The van der Waals surface area contributed by atoms with Crippen LogP contribution >= 0.6 is 0 Å². The number of piperidine rings is 1. The number of hydrogen-bond donors (Lipinski definition) is 2. The van der Waals surface area contributed by atoms with E-state index in [4.69, 9.17) is 9.84 Å². The number of likely N-dealkylation sites (tertiary alicyclic amines) is 1. The van der Waals surface area contributed by atoms with Crippen LogP contribution in [0, 0.1) is 5.82 Å². The first-order chi connectivity index (χ1) is 13.2. The van der Waals surface area contributed by atoms with E-state index in [2.05, 4.69) is 15.3 Å². The Labute approximate surface area is 161 Å². The molecule has 11 heteroatoms. The number of carboxylic acid groups (broad SMARTS) is 1. The summed E-state index contributed by atoms with van der Waals surface area (Å²) >= 11 is 0. The van der Waals surface area contributed by atoms with Crippen molar-refractivity contribution in [3.05, 3.63) is 36.4 Å². The number of benzene rings is 1. The van der Waals surface area contributed by atoms with Gasteiger partial charge in [0.1, 0.15) is 24.1 Å². The van der Waals surface area contributed by atoms with E-state index in [1.54, 1.807) is 0 Å². The molecule has 2 N–H and O–H groups in total. The molecular weight excluding hydrogens is 391 g/mol. The quantitative estimate of drug-likeness (QED) is 0.770. The Morgan fingerprint density at radius 1 is 1.29 bits per heavy atom. The number of nitrogens with one attached hydrogen (secondary N) is 1. The van der Waals surface area contributed by atoms with Gasteiger partial charge in [-0.25, -0.2) is 27.6 Å². The van der Waals surface area contributed by atoms with E-state index in [0.717, 1.165) is 12.3 Å². The number of ether oxygens (including phenoxy) is 1. The normalized spacial score (nSPS) is 15.3. The lowest BCUT2D eigenvalue weighted by Crippen LogP contribution is -2.41. The molecule has 1 saturated heterocycles. The molecule has 0 aliphatic carbocycles. The lowest BCUT2D eigenvalue weighted by atomic mass is 10.1. The molecule has 0 spiro atoms. The highest BCUT2D eigenvalue weighted by molar-refractivity contribution is 7.90. The number of sulfone groups is 1. The van der Waals surface area contributed by atoms with Crippen LogP contribution in [0.1, 0.15) is 12.8 Å². The Kier molecular flexibility index (Phi) is 5.63. The van der Waals surface area contributed by atoms with Crippen molar-refractivity contribution in [1.29, 1.82) is 0 Å². The molecule has 1 aromatic heterocycles.